The van der Waals surface area contributed by atoms with E-state index in [1.165, 1.54) is 32.1 Å². The highest BCUT2D eigenvalue weighted by atomic mass is 15.0. The average molecular weight is 142 g/mol. The standard InChI is InChI=1S/C9H19N/c1-3-5-9-7-4-6-8(2)10-9/h8-10H,3-7H2,1-2H3/p+1/t8-,9-/m0/s1. The molecule has 1 fully saturated rings. The largest absolute Gasteiger partial charge is 0.342 e. The monoisotopic (exact) mass is 142 g/mol. The number of quaternary nitrogens is 1. The second-order valence-electron chi connectivity index (χ2n) is 3.65. The summed E-state index contributed by atoms with van der Waals surface area (Å²) in [6.45, 7) is 4.63. The van der Waals surface area contributed by atoms with Crippen LogP contribution in [0.4, 0.5) is 0 Å². The molecule has 0 aromatic carbocycles. The van der Waals surface area contributed by atoms with Crippen LogP contribution in [-0.2, 0) is 0 Å². The lowest BCUT2D eigenvalue weighted by Gasteiger charge is -2.24. The maximum atomic E-state index is 2.56. The second-order valence-corrected chi connectivity index (χ2v) is 3.65. The van der Waals surface area contributed by atoms with Crippen LogP contribution in [0.2, 0.25) is 0 Å². The van der Waals surface area contributed by atoms with Gasteiger partial charge in [0.1, 0.15) is 0 Å². The van der Waals surface area contributed by atoms with Crippen molar-refractivity contribution in [3.05, 3.63) is 0 Å². The first-order valence-electron chi connectivity index (χ1n) is 4.68. The summed E-state index contributed by atoms with van der Waals surface area (Å²) in [4.78, 5) is 0. The predicted molar refractivity (Wildman–Crippen MR) is 43.9 cm³/mol. The lowest BCUT2D eigenvalue weighted by atomic mass is 9.97. The van der Waals surface area contributed by atoms with Crippen LogP contribution in [0.25, 0.3) is 0 Å². The van der Waals surface area contributed by atoms with Crippen molar-refractivity contribution in [2.24, 2.45) is 0 Å². The Kier molecular flexibility index (Phi) is 3.20. The van der Waals surface area contributed by atoms with E-state index in [0.717, 1.165) is 12.1 Å². The van der Waals surface area contributed by atoms with Crippen LogP contribution in [0.15, 0.2) is 0 Å². The van der Waals surface area contributed by atoms with Gasteiger partial charge in [-0.25, -0.2) is 0 Å². The number of piperidine rings is 1. The van der Waals surface area contributed by atoms with Gasteiger partial charge in [0.15, 0.2) is 0 Å². The molecule has 0 unspecified atom stereocenters. The lowest BCUT2D eigenvalue weighted by molar-refractivity contribution is -0.727. The quantitative estimate of drug-likeness (QED) is 0.598. The molecule has 60 valence electrons. The van der Waals surface area contributed by atoms with E-state index in [9.17, 15) is 0 Å². The van der Waals surface area contributed by atoms with Crippen molar-refractivity contribution < 1.29 is 5.32 Å². The van der Waals surface area contributed by atoms with E-state index >= 15 is 0 Å². The molecule has 1 rings (SSSR count). The van der Waals surface area contributed by atoms with Gasteiger partial charge in [-0.2, -0.15) is 0 Å². The normalized spacial score (nSPS) is 34.2. The van der Waals surface area contributed by atoms with Gasteiger partial charge in [-0.1, -0.05) is 13.3 Å². The molecule has 10 heavy (non-hydrogen) atoms. The van der Waals surface area contributed by atoms with Crippen molar-refractivity contribution in [2.75, 3.05) is 0 Å². The zero-order valence-corrected chi connectivity index (χ0v) is 7.27. The molecule has 0 aromatic heterocycles. The van der Waals surface area contributed by atoms with Gasteiger partial charge >= 0.3 is 0 Å². The summed E-state index contributed by atoms with van der Waals surface area (Å²) < 4.78 is 0. The van der Waals surface area contributed by atoms with Gasteiger partial charge in [0.25, 0.3) is 0 Å². The van der Waals surface area contributed by atoms with E-state index in [1.54, 1.807) is 0 Å². The molecule has 0 amide bonds. The topological polar surface area (TPSA) is 16.6 Å². The number of nitrogens with two attached hydrogens (primary N) is 1. The van der Waals surface area contributed by atoms with Crippen molar-refractivity contribution in [1.29, 1.82) is 0 Å². The second kappa shape index (κ2) is 3.97. The first-order chi connectivity index (χ1) is 4.83. The predicted octanol–water partition coefficient (Wildman–Crippen LogP) is 1.29. The zero-order chi connectivity index (χ0) is 7.40. The Morgan fingerprint density at radius 3 is 2.80 bits per heavy atom. The third kappa shape index (κ3) is 2.30. The van der Waals surface area contributed by atoms with Gasteiger partial charge in [0.05, 0.1) is 12.1 Å². The first-order valence-corrected chi connectivity index (χ1v) is 4.68. The molecule has 0 saturated carbocycles. The number of hydrogen-bond donors (Lipinski definition) is 1. The molecule has 0 aliphatic carbocycles. The van der Waals surface area contributed by atoms with Crippen molar-refractivity contribution in [2.45, 2.75) is 58.0 Å². The highest BCUT2D eigenvalue weighted by molar-refractivity contribution is 4.62. The summed E-state index contributed by atoms with van der Waals surface area (Å²) in [5.41, 5.74) is 0. The summed E-state index contributed by atoms with van der Waals surface area (Å²) in [5.74, 6) is 0. The van der Waals surface area contributed by atoms with E-state index in [2.05, 4.69) is 19.2 Å². The molecular weight excluding hydrogens is 122 g/mol. The van der Waals surface area contributed by atoms with Crippen LogP contribution in [0.1, 0.15) is 46.0 Å². The minimum Gasteiger partial charge on any atom is -0.342 e. The minimum absolute atomic E-state index is 0.894. The van der Waals surface area contributed by atoms with Crippen molar-refractivity contribution in [1.82, 2.24) is 0 Å². The summed E-state index contributed by atoms with van der Waals surface area (Å²) >= 11 is 0. The van der Waals surface area contributed by atoms with Gasteiger partial charge < -0.3 is 5.32 Å². The highest BCUT2D eigenvalue weighted by Crippen LogP contribution is 2.09. The zero-order valence-electron chi connectivity index (χ0n) is 7.27. The maximum absolute atomic E-state index is 2.56. The Morgan fingerprint density at radius 2 is 2.20 bits per heavy atom. The molecule has 1 aliphatic heterocycles. The third-order valence-corrected chi connectivity index (χ3v) is 2.49. The van der Waals surface area contributed by atoms with Crippen molar-refractivity contribution in [3.63, 3.8) is 0 Å². The Morgan fingerprint density at radius 1 is 1.40 bits per heavy atom. The van der Waals surface area contributed by atoms with Crippen LogP contribution in [-0.4, -0.2) is 12.1 Å². The van der Waals surface area contributed by atoms with Crippen LogP contribution < -0.4 is 5.32 Å². The molecule has 1 saturated heterocycles. The maximum Gasteiger partial charge on any atom is 0.0861 e. The van der Waals surface area contributed by atoms with Gasteiger partial charge in [-0.15, -0.1) is 0 Å². The van der Waals surface area contributed by atoms with E-state index in [1.807, 2.05) is 0 Å². The Balaban J connectivity index is 2.18. The van der Waals surface area contributed by atoms with E-state index in [4.69, 9.17) is 0 Å². The Hall–Kier alpha value is -0.0400. The smallest absolute Gasteiger partial charge is 0.0861 e. The minimum atomic E-state index is 0.894. The molecule has 0 aromatic rings. The third-order valence-electron chi connectivity index (χ3n) is 2.49. The Labute approximate surface area is 64.2 Å². The fourth-order valence-corrected chi connectivity index (χ4v) is 1.97. The molecule has 0 spiro atoms. The molecular formula is C9H20N+. The fourth-order valence-electron chi connectivity index (χ4n) is 1.97. The number of rotatable bonds is 2. The molecule has 1 heteroatoms. The van der Waals surface area contributed by atoms with Gasteiger partial charge in [-0.3, -0.25) is 0 Å². The highest BCUT2D eigenvalue weighted by Gasteiger charge is 2.19. The van der Waals surface area contributed by atoms with Crippen molar-refractivity contribution >= 4 is 0 Å². The first kappa shape index (κ1) is 8.06. The summed E-state index contributed by atoms with van der Waals surface area (Å²) in [5, 5.41) is 2.56. The molecule has 1 heterocycles. The Bertz CT molecular complexity index is 88.7. The van der Waals surface area contributed by atoms with Crippen LogP contribution in [0, 0.1) is 0 Å². The SMILES string of the molecule is CCC[C@H]1CCC[C@H](C)[NH2+]1. The number of hydrogen-bond acceptors (Lipinski definition) is 0. The molecule has 0 bridgehead atoms. The van der Waals surface area contributed by atoms with Crippen LogP contribution in [0.5, 0.6) is 0 Å². The summed E-state index contributed by atoms with van der Waals surface area (Å²) in [6, 6.07) is 1.85. The van der Waals surface area contributed by atoms with E-state index in [-0.39, 0.29) is 0 Å². The van der Waals surface area contributed by atoms with Gasteiger partial charge in [0.2, 0.25) is 0 Å². The van der Waals surface area contributed by atoms with E-state index < -0.39 is 0 Å². The van der Waals surface area contributed by atoms with Crippen LogP contribution in [0.3, 0.4) is 0 Å². The molecule has 2 atom stereocenters. The van der Waals surface area contributed by atoms with Gasteiger partial charge in [-0.05, 0) is 32.6 Å². The fraction of sp³-hybridized carbons (Fsp3) is 1.00. The summed E-state index contributed by atoms with van der Waals surface area (Å²) in [7, 11) is 0. The summed E-state index contributed by atoms with van der Waals surface area (Å²) in [6.07, 6.45) is 7.12. The lowest BCUT2D eigenvalue weighted by Crippen LogP contribution is -2.95. The molecule has 2 N–H and O–H groups in total. The van der Waals surface area contributed by atoms with Crippen LogP contribution >= 0.6 is 0 Å². The molecule has 0 radical (unpaired) electrons. The molecule has 1 nitrogen and oxygen atoms in total. The molecule has 1 aliphatic rings. The van der Waals surface area contributed by atoms with Crippen molar-refractivity contribution in [3.8, 4) is 0 Å². The van der Waals surface area contributed by atoms with Gasteiger partial charge in [0, 0.05) is 0 Å². The average Bonchev–Trinajstić information content (AvgIpc) is 1.88. The van der Waals surface area contributed by atoms with E-state index in [0.29, 0.717) is 0 Å².